The summed E-state index contributed by atoms with van der Waals surface area (Å²) in [5.41, 5.74) is -0.177. The van der Waals surface area contributed by atoms with Gasteiger partial charge in [0.25, 0.3) is 0 Å². The minimum absolute atomic E-state index is 0.177. The molecule has 0 saturated heterocycles. The van der Waals surface area contributed by atoms with Crippen molar-refractivity contribution < 1.29 is 19.4 Å². The SMILES string of the molecule is C=CC(OC(=O)CCCCCCC)C(=C)C(=O)O. The second-order valence-electron chi connectivity index (χ2n) is 4.14. The van der Waals surface area contributed by atoms with Gasteiger partial charge in [0, 0.05) is 6.42 Å². The Labute approximate surface area is 108 Å². The highest BCUT2D eigenvalue weighted by Crippen LogP contribution is 2.10. The van der Waals surface area contributed by atoms with Crippen LogP contribution >= 0.6 is 0 Å². The van der Waals surface area contributed by atoms with E-state index in [1.54, 1.807) is 0 Å². The van der Waals surface area contributed by atoms with E-state index in [4.69, 9.17) is 9.84 Å². The van der Waals surface area contributed by atoms with Gasteiger partial charge in [-0.1, -0.05) is 45.8 Å². The van der Waals surface area contributed by atoms with Crippen LogP contribution in [0.25, 0.3) is 0 Å². The van der Waals surface area contributed by atoms with Crippen LogP contribution in [0.2, 0.25) is 0 Å². The van der Waals surface area contributed by atoms with Crippen molar-refractivity contribution in [3.8, 4) is 0 Å². The van der Waals surface area contributed by atoms with Gasteiger partial charge in [-0.2, -0.15) is 0 Å². The van der Waals surface area contributed by atoms with Gasteiger partial charge in [-0.05, 0) is 12.5 Å². The molecule has 0 bridgehead atoms. The third-order valence-electron chi connectivity index (χ3n) is 2.58. The molecular weight excluding hydrogens is 232 g/mol. The molecule has 4 heteroatoms. The second kappa shape index (κ2) is 9.45. The highest BCUT2D eigenvalue weighted by molar-refractivity contribution is 5.88. The van der Waals surface area contributed by atoms with E-state index in [1.165, 1.54) is 12.5 Å². The lowest BCUT2D eigenvalue weighted by atomic mass is 10.1. The maximum absolute atomic E-state index is 11.5. The van der Waals surface area contributed by atoms with E-state index in [9.17, 15) is 9.59 Å². The van der Waals surface area contributed by atoms with Crippen LogP contribution in [0, 0.1) is 0 Å². The van der Waals surface area contributed by atoms with E-state index in [0.29, 0.717) is 6.42 Å². The van der Waals surface area contributed by atoms with Crippen molar-refractivity contribution in [2.24, 2.45) is 0 Å². The second-order valence-corrected chi connectivity index (χ2v) is 4.14. The molecule has 0 aliphatic heterocycles. The van der Waals surface area contributed by atoms with Gasteiger partial charge < -0.3 is 9.84 Å². The monoisotopic (exact) mass is 254 g/mol. The third kappa shape index (κ3) is 6.89. The smallest absolute Gasteiger partial charge is 0.335 e. The predicted molar refractivity (Wildman–Crippen MR) is 70.2 cm³/mol. The van der Waals surface area contributed by atoms with Crippen molar-refractivity contribution in [1.82, 2.24) is 0 Å². The van der Waals surface area contributed by atoms with Crippen molar-refractivity contribution in [1.29, 1.82) is 0 Å². The van der Waals surface area contributed by atoms with Gasteiger partial charge in [-0.15, -0.1) is 0 Å². The predicted octanol–water partition coefficient (Wildman–Crippen LogP) is 3.09. The normalized spacial score (nSPS) is 11.6. The topological polar surface area (TPSA) is 63.6 Å². The standard InChI is InChI=1S/C14H22O4/c1-4-6-7-8-9-10-13(15)18-12(5-2)11(3)14(16)17/h5,12H,2-4,6-10H2,1H3,(H,16,17). The minimum atomic E-state index is -1.18. The van der Waals surface area contributed by atoms with E-state index >= 15 is 0 Å². The van der Waals surface area contributed by atoms with Crippen LogP contribution in [0.1, 0.15) is 45.4 Å². The number of esters is 1. The Morgan fingerprint density at radius 2 is 1.89 bits per heavy atom. The first-order valence-corrected chi connectivity index (χ1v) is 6.27. The van der Waals surface area contributed by atoms with Gasteiger partial charge in [0.15, 0.2) is 6.10 Å². The molecule has 0 fully saturated rings. The molecule has 0 saturated carbocycles. The van der Waals surface area contributed by atoms with Gasteiger partial charge in [-0.25, -0.2) is 4.79 Å². The van der Waals surface area contributed by atoms with Crippen molar-refractivity contribution in [2.45, 2.75) is 51.6 Å². The maximum Gasteiger partial charge on any atom is 0.335 e. The summed E-state index contributed by atoms with van der Waals surface area (Å²) in [4.78, 5) is 22.1. The third-order valence-corrected chi connectivity index (χ3v) is 2.58. The molecular formula is C14H22O4. The summed E-state index contributed by atoms with van der Waals surface area (Å²) in [5, 5.41) is 8.73. The molecule has 1 unspecified atom stereocenters. The average molecular weight is 254 g/mol. The van der Waals surface area contributed by atoms with Crippen molar-refractivity contribution >= 4 is 11.9 Å². The molecule has 18 heavy (non-hydrogen) atoms. The van der Waals surface area contributed by atoms with Gasteiger partial charge in [-0.3, -0.25) is 4.79 Å². The number of carboxylic acid groups (broad SMARTS) is 1. The Kier molecular flexibility index (Phi) is 8.62. The number of carboxylic acids is 1. The summed E-state index contributed by atoms with van der Waals surface area (Å²) in [6, 6.07) is 0. The van der Waals surface area contributed by atoms with Crippen LogP contribution in [0.15, 0.2) is 24.8 Å². The lowest BCUT2D eigenvalue weighted by Gasteiger charge is -2.13. The van der Waals surface area contributed by atoms with Crippen LogP contribution in [0.3, 0.4) is 0 Å². The summed E-state index contributed by atoms with van der Waals surface area (Å²) < 4.78 is 4.99. The number of ether oxygens (including phenoxy) is 1. The van der Waals surface area contributed by atoms with Crippen molar-refractivity contribution in [3.63, 3.8) is 0 Å². The Hall–Kier alpha value is -1.58. The minimum Gasteiger partial charge on any atom is -0.478 e. The Morgan fingerprint density at radius 3 is 2.39 bits per heavy atom. The average Bonchev–Trinajstić information content (AvgIpc) is 2.34. The van der Waals surface area contributed by atoms with Gasteiger partial charge in [0.2, 0.25) is 0 Å². The number of rotatable bonds is 10. The van der Waals surface area contributed by atoms with E-state index in [1.807, 2.05) is 0 Å². The summed E-state index contributed by atoms with van der Waals surface area (Å²) in [7, 11) is 0. The molecule has 4 nitrogen and oxygen atoms in total. The zero-order valence-corrected chi connectivity index (χ0v) is 11.0. The largest absolute Gasteiger partial charge is 0.478 e. The van der Waals surface area contributed by atoms with Crippen LogP contribution in [-0.4, -0.2) is 23.1 Å². The van der Waals surface area contributed by atoms with Crippen molar-refractivity contribution in [2.75, 3.05) is 0 Å². The molecule has 0 spiro atoms. The Balaban J connectivity index is 3.94. The molecule has 0 rings (SSSR count). The molecule has 1 N–H and O–H groups in total. The summed E-state index contributed by atoms with van der Waals surface area (Å²) in [5.74, 6) is -1.59. The zero-order chi connectivity index (χ0) is 14.0. The molecule has 0 aromatic carbocycles. The fourth-order valence-electron chi connectivity index (χ4n) is 1.46. The van der Waals surface area contributed by atoms with Crippen molar-refractivity contribution in [3.05, 3.63) is 24.8 Å². The highest BCUT2D eigenvalue weighted by Gasteiger charge is 2.19. The number of unbranched alkanes of at least 4 members (excludes halogenated alkanes) is 4. The van der Waals surface area contributed by atoms with Gasteiger partial charge in [0.05, 0.1) is 5.57 Å². The summed E-state index contributed by atoms with van der Waals surface area (Å²) in [6.45, 7) is 8.91. The van der Waals surface area contributed by atoms with Crippen LogP contribution < -0.4 is 0 Å². The summed E-state index contributed by atoms with van der Waals surface area (Å²) >= 11 is 0. The quantitative estimate of drug-likeness (QED) is 0.281. The molecule has 0 aromatic heterocycles. The van der Waals surface area contributed by atoms with Crippen LogP contribution in [0.4, 0.5) is 0 Å². The number of aliphatic carboxylic acids is 1. The fourth-order valence-corrected chi connectivity index (χ4v) is 1.46. The number of hydrogen-bond acceptors (Lipinski definition) is 3. The molecule has 0 radical (unpaired) electrons. The molecule has 0 amide bonds. The van der Waals surface area contributed by atoms with Gasteiger partial charge in [0.1, 0.15) is 0 Å². The van der Waals surface area contributed by atoms with Gasteiger partial charge >= 0.3 is 11.9 Å². The first kappa shape index (κ1) is 16.4. The lowest BCUT2D eigenvalue weighted by molar-refractivity contribution is -0.146. The first-order chi connectivity index (χ1) is 8.52. The van der Waals surface area contributed by atoms with Crippen LogP contribution in [0.5, 0.6) is 0 Å². The Bertz CT molecular complexity index is 307. The molecule has 0 aromatic rings. The number of carbonyl (C=O) groups excluding carboxylic acids is 1. The fraction of sp³-hybridized carbons (Fsp3) is 0.571. The molecule has 0 aliphatic carbocycles. The number of hydrogen-bond donors (Lipinski definition) is 1. The van der Waals surface area contributed by atoms with E-state index in [0.717, 1.165) is 25.7 Å². The molecule has 1 atom stereocenters. The van der Waals surface area contributed by atoms with Crippen LogP contribution in [-0.2, 0) is 14.3 Å². The lowest BCUT2D eigenvalue weighted by Crippen LogP contribution is -2.22. The van der Waals surface area contributed by atoms with E-state index in [-0.39, 0.29) is 5.57 Å². The Morgan fingerprint density at radius 1 is 1.28 bits per heavy atom. The first-order valence-electron chi connectivity index (χ1n) is 6.27. The van der Waals surface area contributed by atoms with E-state index in [2.05, 4.69) is 20.1 Å². The molecule has 102 valence electrons. The molecule has 0 aliphatic rings. The summed E-state index contributed by atoms with van der Waals surface area (Å²) in [6.07, 6.45) is 5.82. The zero-order valence-electron chi connectivity index (χ0n) is 11.0. The highest BCUT2D eigenvalue weighted by atomic mass is 16.5. The maximum atomic E-state index is 11.5. The molecule has 0 heterocycles. The van der Waals surface area contributed by atoms with E-state index < -0.39 is 18.0 Å². The number of carbonyl (C=O) groups is 2.